The summed E-state index contributed by atoms with van der Waals surface area (Å²) < 4.78 is 0. The molecule has 0 aromatic heterocycles. The Morgan fingerprint density at radius 2 is 1.83 bits per heavy atom. The minimum atomic E-state index is 0.546. The summed E-state index contributed by atoms with van der Waals surface area (Å²) in [6, 6.07) is 0. The van der Waals surface area contributed by atoms with Gasteiger partial charge in [-0.15, -0.1) is 0 Å². The predicted octanol–water partition coefficient (Wildman–Crippen LogP) is 4.19. The summed E-state index contributed by atoms with van der Waals surface area (Å²) in [5, 5.41) is 0. The van der Waals surface area contributed by atoms with E-state index in [4.69, 9.17) is 0 Å². The second kappa shape index (κ2) is 5.18. The van der Waals surface area contributed by atoms with E-state index < -0.39 is 0 Å². The maximum Gasteiger partial charge on any atom is -0.00243 e. The average molecular weight is 166 g/mol. The first-order chi connectivity index (χ1) is 5.50. The fourth-order valence-corrected chi connectivity index (χ4v) is 1.29. The van der Waals surface area contributed by atoms with Crippen LogP contribution < -0.4 is 0 Å². The Balaban J connectivity index is 4.29. The van der Waals surface area contributed by atoms with Gasteiger partial charge in [-0.3, -0.25) is 0 Å². The van der Waals surface area contributed by atoms with Crippen LogP contribution in [-0.2, 0) is 0 Å². The molecule has 0 rings (SSSR count). The minimum Gasteiger partial charge on any atom is -0.0990 e. The Morgan fingerprint density at radius 3 is 2.17 bits per heavy atom. The van der Waals surface area contributed by atoms with E-state index in [-0.39, 0.29) is 0 Å². The SMILES string of the molecule is C=C(C(C)C)C(C)C(C)=CCC. The molecule has 0 saturated carbocycles. The zero-order chi connectivity index (χ0) is 9.72. The van der Waals surface area contributed by atoms with Crippen LogP contribution in [0.4, 0.5) is 0 Å². The van der Waals surface area contributed by atoms with Crippen molar-refractivity contribution in [1.29, 1.82) is 0 Å². The molecule has 0 aliphatic carbocycles. The molecule has 1 atom stereocenters. The van der Waals surface area contributed by atoms with Crippen molar-refractivity contribution in [2.45, 2.75) is 41.0 Å². The van der Waals surface area contributed by atoms with Gasteiger partial charge < -0.3 is 0 Å². The number of hydrogen-bond acceptors (Lipinski definition) is 0. The van der Waals surface area contributed by atoms with Crippen LogP contribution in [0.1, 0.15) is 41.0 Å². The van der Waals surface area contributed by atoms with E-state index in [9.17, 15) is 0 Å². The lowest BCUT2D eigenvalue weighted by Crippen LogP contribution is -2.05. The summed E-state index contributed by atoms with van der Waals surface area (Å²) in [5.74, 6) is 1.14. The van der Waals surface area contributed by atoms with Gasteiger partial charge in [-0.1, -0.05) is 51.5 Å². The topological polar surface area (TPSA) is 0 Å². The van der Waals surface area contributed by atoms with Gasteiger partial charge in [0.2, 0.25) is 0 Å². The van der Waals surface area contributed by atoms with Crippen LogP contribution in [0.2, 0.25) is 0 Å². The molecule has 0 aromatic carbocycles. The molecular weight excluding hydrogens is 144 g/mol. The predicted molar refractivity (Wildman–Crippen MR) is 57.2 cm³/mol. The fraction of sp³-hybridized carbons (Fsp3) is 0.667. The van der Waals surface area contributed by atoms with Gasteiger partial charge in [0.05, 0.1) is 0 Å². The van der Waals surface area contributed by atoms with Crippen LogP contribution in [0.25, 0.3) is 0 Å². The van der Waals surface area contributed by atoms with Crippen LogP contribution in [0.5, 0.6) is 0 Å². The van der Waals surface area contributed by atoms with Gasteiger partial charge >= 0.3 is 0 Å². The lowest BCUT2D eigenvalue weighted by atomic mass is 9.87. The van der Waals surface area contributed by atoms with Crippen molar-refractivity contribution in [3.05, 3.63) is 23.8 Å². The van der Waals surface area contributed by atoms with Crippen LogP contribution in [-0.4, -0.2) is 0 Å². The van der Waals surface area contributed by atoms with Gasteiger partial charge in [-0.2, -0.15) is 0 Å². The molecule has 0 bridgehead atoms. The van der Waals surface area contributed by atoms with Crippen LogP contribution in [0.15, 0.2) is 23.8 Å². The zero-order valence-corrected chi connectivity index (χ0v) is 9.15. The Morgan fingerprint density at radius 1 is 1.33 bits per heavy atom. The lowest BCUT2D eigenvalue weighted by molar-refractivity contribution is 0.645. The van der Waals surface area contributed by atoms with Crippen LogP contribution in [0.3, 0.4) is 0 Å². The third kappa shape index (κ3) is 3.25. The van der Waals surface area contributed by atoms with Gasteiger partial charge in [-0.05, 0) is 25.2 Å². The molecule has 0 fully saturated rings. The first kappa shape index (κ1) is 11.5. The zero-order valence-electron chi connectivity index (χ0n) is 9.15. The van der Waals surface area contributed by atoms with Gasteiger partial charge in [0.25, 0.3) is 0 Å². The van der Waals surface area contributed by atoms with Crippen molar-refractivity contribution in [2.24, 2.45) is 11.8 Å². The van der Waals surface area contributed by atoms with Crippen LogP contribution >= 0.6 is 0 Å². The largest absolute Gasteiger partial charge is 0.0990 e. The summed E-state index contributed by atoms with van der Waals surface area (Å²) >= 11 is 0. The van der Waals surface area contributed by atoms with Gasteiger partial charge in [0, 0.05) is 0 Å². The molecule has 0 aromatic rings. The van der Waals surface area contributed by atoms with E-state index in [1.165, 1.54) is 11.1 Å². The van der Waals surface area contributed by atoms with Crippen molar-refractivity contribution in [2.75, 3.05) is 0 Å². The summed E-state index contributed by atoms with van der Waals surface area (Å²) in [5.41, 5.74) is 2.80. The quantitative estimate of drug-likeness (QED) is 0.549. The summed E-state index contributed by atoms with van der Waals surface area (Å²) in [6.07, 6.45) is 3.42. The lowest BCUT2D eigenvalue weighted by Gasteiger charge is -2.18. The Kier molecular flexibility index (Phi) is 4.96. The van der Waals surface area contributed by atoms with Crippen molar-refractivity contribution < 1.29 is 0 Å². The first-order valence-corrected chi connectivity index (χ1v) is 4.86. The molecule has 0 N–H and O–H groups in total. The molecule has 0 aliphatic heterocycles. The molecule has 1 unspecified atom stereocenters. The second-order valence-corrected chi connectivity index (χ2v) is 3.81. The number of rotatable bonds is 4. The minimum absolute atomic E-state index is 0.546. The van der Waals surface area contributed by atoms with Gasteiger partial charge in [-0.25, -0.2) is 0 Å². The van der Waals surface area contributed by atoms with E-state index in [0.717, 1.165) is 6.42 Å². The third-order valence-electron chi connectivity index (χ3n) is 2.51. The summed E-state index contributed by atoms with van der Waals surface area (Å²) in [7, 11) is 0. The highest BCUT2D eigenvalue weighted by Gasteiger charge is 2.10. The van der Waals surface area contributed by atoms with Gasteiger partial charge in [0.15, 0.2) is 0 Å². The molecule has 0 heteroatoms. The van der Waals surface area contributed by atoms with Crippen molar-refractivity contribution >= 4 is 0 Å². The third-order valence-corrected chi connectivity index (χ3v) is 2.51. The highest BCUT2D eigenvalue weighted by Crippen LogP contribution is 2.24. The molecule has 0 amide bonds. The Labute approximate surface area is 77.4 Å². The van der Waals surface area contributed by atoms with E-state index in [1.54, 1.807) is 0 Å². The monoisotopic (exact) mass is 166 g/mol. The fourth-order valence-electron chi connectivity index (χ4n) is 1.29. The molecule has 0 radical (unpaired) electrons. The molecule has 0 aliphatic rings. The number of hydrogen-bond donors (Lipinski definition) is 0. The Hall–Kier alpha value is -0.520. The molecule has 0 heterocycles. The Bertz CT molecular complexity index is 172. The van der Waals surface area contributed by atoms with E-state index in [2.05, 4.69) is 47.3 Å². The van der Waals surface area contributed by atoms with Crippen LogP contribution in [0, 0.1) is 11.8 Å². The normalized spacial score (nSPS) is 15.0. The molecular formula is C12H22. The standard InChI is InChI=1S/C12H22/c1-7-8-10(4)12(6)11(5)9(2)3/h8-9,12H,5,7H2,1-4,6H3. The van der Waals surface area contributed by atoms with Crippen molar-refractivity contribution in [3.63, 3.8) is 0 Å². The maximum absolute atomic E-state index is 4.12. The van der Waals surface area contributed by atoms with E-state index in [1.807, 2.05) is 0 Å². The van der Waals surface area contributed by atoms with E-state index >= 15 is 0 Å². The molecule has 70 valence electrons. The van der Waals surface area contributed by atoms with Crippen molar-refractivity contribution in [3.8, 4) is 0 Å². The van der Waals surface area contributed by atoms with Crippen molar-refractivity contribution in [1.82, 2.24) is 0 Å². The first-order valence-electron chi connectivity index (χ1n) is 4.86. The molecule has 0 spiro atoms. The smallest absolute Gasteiger partial charge is 0.00243 e. The molecule has 0 nitrogen and oxygen atoms in total. The molecule has 0 saturated heterocycles. The average Bonchev–Trinajstić information content (AvgIpc) is 2.02. The molecule has 12 heavy (non-hydrogen) atoms. The maximum atomic E-state index is 4.12. The summed E-state index contributed by atoms with van der Waals surface area (Å²) in [6.45, 7) is 15.1. The summed E-state index contributed by atoms with van der Waals surface area (Å²) in [4.78, 5) is 0. The number of allylic oxidation sites excluding steroid dienone is 3. The highest BCUT2D eigenvalue weighted by atomic mass is 14.2. The second-order valence-electron chi connectivity index (χ2n) is 3.81. The van der Waals surface area contributed by atoms with E-state index in [0.29, 0.717) is 11.8 Å². The van der Waals surface area contributed by atoms with Gasteiger partial charge in [0.1, 0.15) is 0 Å². The highest BCUT2D eigenvalue weighted by molar-refractivity contribution is 5.17.